The van der Waals surface area contributed by atoms with Crippen molar-refractivity contribution in [3.8, 4) is 0 Å². The van der Waals surface area contributed by atoms with E-state index in [9.17, 15) is 19.8 Å². The molecule has 3 aliphatic rings. The Labute approximate surface area is 265 Å². The van der Waals surface area contributed by atoms with Gasteiger partial charge in [0.2, 0.25) is 0 Å². The summed E-state index contributed by atoms with van der Waals surface area (Å²) in [5, 5.41) is 27.8. The first-order valence-corrected chi connectivity index (χ1v) is 14.2. The standard InChI is InChI=1S/C34H32N4O5.Fe/c1-7-20-17(3)23-13-24-19(5)22(9-10-31(39)40)28(37-24)16-30-34(12-11-32(41)43-34)33(6,42)29(38-30)15-27-21(8-2)18(4)25(36-27)14-26(20)35-23;/h7-8,13-16,42H,1-2,9-12H2,3-6H3,(H,39,40);/q-4;+4/b23-13-,26-14-,29-15-,30-16-;. The first kappa shape index (κ1) is 31.2. The number of carboxylic acids is 1. The SMILES string of the molecule is C=Cc1c2[n-]c(c1C)/C=c1\[n-]/c(c(C)c1C=C)=C\c1[n-]c(c(CCC(=O)O)c1C)/C=C1\[N-]/C(=C\2)C(C)(O)C12CCC(=O)O2.[Fe+4]. The minimum atomic E-state index is -1.68. The molecule has 10 heteroatoms. The Bertz CT molecular complexity index is 1930. The molecule has 3 aromatic rings. The number of esters is 1. The molecule has 44 heavy (non-hydrogen) atoms. The number of rotatable bonds is 5. The van der Waals surface area contributed by atoms with Crippen molar-refractivity contribution in [1.82, 2.24) is 15.0 Å². The van der Waals surface area contributed by atoms with Crippen LogP contribution < -0.4 is 25.7 Å². The van der Waals surface area contributed by atoms with Gasteiger partial charge in [-0.2, -0.15) is 0 Å². The number of aliphatic hydroxyl groups is 1. The summed E-state index contributed by atoms with van der Waals surface area (Å²) in [5.41, 5.74) is 4.94. The number of aromatic nitrogens is 3. The maximum absolute atomic E-state index is 12.5. The summed E-state index contributed by atoms with van der Waals surface area (Å²) in [6.07, 6.45) is 11.2. The van der Waals surface area contributed by atoms with Gasteiger partial charge in [0.15, 0.2) is 0 Å². The predicted octanol–water partition coefficient (Wildman–Crippen LogP) is 3.35. The largest absolute Gasteiger partial charge is 4.00 e. The zero-order valence-electron chi connectivity index (χ0n) is 25.0. The van der Waals surface area contributed by atoms with Gasteiger partial charge in [-0.25, -0.2) is 0 Å². The molecule has 3 aromatic heterocycles. The smallest absolute Gasteiger partial charge is 0.659 e. The summed E-state index contributed by atoms with van der Waals surface area (Å²) in [4.78, 5) is 38.8. The first-order valence-electron chi connectivity index (χ1n) is 14.2. The van der Waals surface area contributed by atoms with Crippen LogP contribution in [0.3, 0.4) is 0 Å². The third-order valence-corrected chi connectivity index (χ3v) is 9.00. The monoisotopic (exact) mass is 632 g/mol. The Balaban J connectivity index is 0.00000384. The average molecular weight is 632 g/mol. The molecule has 8 bridgehead atoms. The Hall–Kier alpha value is -4.24. The van der Waals surface area contributed by atoms with Crippen LogP contribution in [0.5, 0.6) is 0 Å². The molecule has 1 spiro atoms. The number of carboxylic acid groups (broad SMARTS) is 1. The molecule has 0 aliphatic carbocycles. The quantitative estimate of drug-likeness (QED) is 0.323. The van der Waals surface area contributed by atoms with Gasteiger partial charge in [-0.1, -0.05) is 71.9 Å². The number of ether oxygens (including phenoxy) is 1. The molecule has 2 saturated heterocycles. The fraction of sp³-hybridized carbons (Fsp3) is 0.294. The van der Waals surface area contributed by atoms with Crippen LogP contribution in [0.15, 0.2) is 24.6 Å². The molecular weight excluding hydrogens is 600 g/mol. The van der Waals surface area contributed by atoms with E-state index in [2.05, 4.69) is 13.2 Å². The number of carbonyl (C=O) groups excluding carboxylic acids is 1. The number of carbonyl (C=O) groups is 2. The number of aliphatic carboxylic acids is 1. The number of hydrogen-bond donors (Lipinski definition) is 2. The second-order valence-electron chi connectivity index (χ2n) is 11.5. The molecule has 0 saturated carbocycles. The average Bonchev–Trinajstić information content (AvgIpc) is 3.69. The van der Waals surface area contributed by atoms with E-state index >= 15 is 0 Å². The van der Waals surface area contributed by atoms with Crippen molar-refractivity contribution in [2.45, 2.75) is 64.6 Å². The van der Waals surface area contributed by atoms with Crippen LogP contribution in [-0.4, -0.2) is 33.4 Å². The maximum atomic E-state index is 12.5. The molecule has 0 radical (unpaired) electrons. The van der Waals surface area contributed by atoms with Crippen LogP contribution in [0.4, 0.5) is 0 Å². The fourth-order valence-corrected chi connectivity index (χ4v) is 6.38. The van der Waals surface area contributed by atoms with E-state index in [0.717, 1.165) is 33.4 Å². The molecule has 2 fully saturated rings. The van der Waals surface area contributed by atoms with Crippen molar-refractivity contribution in [3.05, 3.63) is 96.7 Å². The molecule has 2 unspecified atom stereocenters. The van der Waals surface area contributed by atoms with Crippen LogP contribution in [0.25, 0.3) is 41.8 Å². The van der Waals surface area contributed by atoms with Gasteiger partial charge in [-0.3, -0.25) is 9.59 Å². The second kappa shape index (κ2) is 11.0. The van der Waals surface area contributed by atoms with Gasteiger partial charge in [0.25, 0.3) is 0 Å². The number of nitrogens with zero attached hydrogens (tertiary/aromatic N) is 4. The van der Waals surface area contributed by atoms with E-state index in [1.165, 1.54) is 0 Å². The molecule has 226 valence electrons. The van der Waals surface area contributed by atoms with Crippen LogP contribution >= 0.6 is 0 Å². The molecule has 0 aromatic carbocycles. The number of hydrogen-bond acceptors (Lipinski definition) is 4. The summed E-state index contributed by atoms with van der Waals surface area (Å²) in [5.74, 6) is -1.36. The molecule has 0 amide bonds. The molecule has 2 atom stereocenters. The van der Waals surface area contributed by atoms with E-state index in [1.807, 2.05) is 32.9 Å². The molecule has 3 aliphatic heterocycles. The second-order valence-corrected chi connectivity index (χ2v) is 11.5. The minimum Gasteiger partial charge on any atom is -0.659 e. The minimum absolute atomic E-state index is 0. The molecular formula is C34H32FeN4O5. The van der Waals surface area contributed by atoms with Gasteiger partial charge in [-0.15, -0.1) is 44.9 Å². The van der Waals surface area contributed by atoms with Gasteiger partial charge >= 0.3 is 29.0 Å². The molecule has 6 heterocycles. The van der Waals surface area contributed by atoms with Crippen LogP contribution in [0.2, 0.25) is 0 Å². The van der Waals surface area contributed by atoms with Gasteiger partial charge in [0.1, 0.15) is 11.2 Å². The van der Waals surface area contributed by atoms with Gasteiger partial charge in [-0.05, 0) is 45.2 Å². The first-order chi connectivity index (χ1) is 20.4. The van der Waals surface area contributed by atoms with Crippen LogP contribution in [0, 0.1) is 20.8 Å². The summed E-state index contributed by atoms with van der Waals surface area (Å²) in [7, 11) is 0. The summed E-state index contributed by atoms with van der Waals surface area (Å²) in [6.45, 7) is 15.4. The maximum Gasteiger partial charge on any atom is 4.00 e. The van der Waals surface area contributed by atoms with Gasteiger partial charge in [0.05, 0.1) is 0 Å². The molecule has 9 nitrogen and oxygen atoms in total. The third-order valence-electron chi connectivity index (χ3n) is 9.00. The predicted molar refractivity (Wildman–Crippen MR) is 164 cm³/mol. The van der Waals surface area contributed by atoms with Crippen molar-refractivity contribution in [2.24, 2.45) is 0 Å². The Morgan fingerprint density at radius 2 is 1.55 bits per heavy atom. The van der Waals surface area contributed by atoms with E-state index in [4.69, 9.17) is 25.0 Å². The van der Waals surface area contributed by atoms with Crippen molar-refractivity contribution in [1.29, 1.82) is 0 Å². The topological polar surface area (TPSA) is 140 Å². The van der Waals surface area contributed by atoms with Crippen molar-refractivity contribution < 1.29 is 41.6 Å². The Morgan fingerprint density at radius 3 is 2.18 bits per heavy atom. The Morgan fingerprint density at radius 1 is 0.909 bits per heavy atom. The van der Waals surface area contributed by atoms with Crippen LogP contribution in [-0.2, 0) is 37.8 Å². The van der Waals surface area contributed by atoms with Gasteiger partial charge in [0, 0.05) is 19.3 Å². The number of fused-ring (bicyclic) bond motifs is 9. The zero-order valence-corrected chi connectivity index (χ0v) is 26.1. The van der Waals surface area contributed by atoms with E-state index in [0.29, 0.717) is 39.2 Å². The summed E-state index contributed by atoms with van der Waals surface area (Å²) < 4.78 is 5.89. The van der Waals surface area contributed by atoms with E-state index in [-0.39, 0.29) is 48.4 Å². The fourth-order valence-electron chi connectivity index (χ4n) is 6.38. The van der Waals surface area contributed by atoms with Crippen LogP contribution in [0.1, 0.15) is 82.3 Å². The normalized spacial score (nSPS) is 25.7. The van der Waals surface area contributed by atoms with E-state index < -0.39 is 23.1 Å². The van der Waals surface area contributed by atoms with Gasteiger partial charge < -0.3 is 35.2 Å². The summed E-state index contributed by atoms with van der Waals surface area (Å²) >= 11 is 0. The summed E-state index contributed by atoms with van der Waals surface area (Å²) in [6, 6.07) is 0. The third kappa shape index (κ3) is 4.65. The van der Waals surface area contributed by atoms with Crippen molar-refractivity contribution >= 4 is 48.4 Å². The molecule has 6 rings (SSSR count). The Kier molecular flexibility index (Phi) is 7.82. The van der Waals surface area contributed by atoms with Crippen molar-refractivity contribution in [3.63, 3.8) is 0 Å². The van der Waals surface area contributed by atoms with E-state index in [1.54, 1.807) is 31.2 Å². The molecule has 2 N–H and O–H groups in total. The zero-order chi connectivity index (χ0) is 30.8. The van der Waals surface area contributed by atoms with Crippen molar-refractivity contribution in [2.75, 3.05) is 0 Å².